The fraction of sp³-hybridized carbons (Fsp3) is 0.515. The van der Waals surface area contributed by atoms with E-state index in [0.717, 1.165) is 76.5 Å². The zero-order valence-electron chi connectivity index (χ0n) is 24.4. The Morgan fingerprint density at radius 1 is 0.925 bits per heavy atom. The van der Waals surface area contributed by atoms with Crippen molar-refractivity contribution in [1.29, 1.82) is 0 Å². The molecule has 0 unspecified atom stereocenters. The Bertz CT molecular complexity index is 1160. The second-order valence-electron chi connectivity index (χ2n) is 11.6. The van der Waals surface area contributed by atoms with Crippen LogP contribution in [0.5, 0.6) is 0 Å². The third-order valence-corrected chi connectivity index (χ3v) is 8.61. The normalized spacial score (nSPS) is 17.3. The maximum Gasteiger partial charge on any atom is 0.254 e. The van der Waals surface area contributed by atoms with Gasteiger partial charge in [0, 0.05) is 75.5 Å². The minimum atomic E-state index is 0.146. The van der Waals surface area contributed by atoms with Gasteiger partial charge >= 0.3 is 0 Å². The Morgan fingerprint density at radius 3 is 2.27 bits per heavy atom. The molecule has 7 nitrogen and oxygen atoms in total. The lowest BCUT2D eigenvalue weighted by Gasteiger charge is -2.38. The number of aromatic amines is 1. The van der Waals surface area contributed by atoms with Gasteiger partial charge in [-0.3, -0.25) is 9.69 Å². The predicted octanol–water partition coefficient (Wildman–Crippen LogP) is 5.20. The molecule has 3 aromatic rings. The number of nitrogens with zero attached hydrogens (tertiary/aromatic N) is 5. The summed E-state index contributed by atoms with van der Waals surface area (Å²) < 4.78 is 0. The molecular weight excluding hydrogens is 496 g/mol. The van der Waals surface area contributed by atoms with E-state index < -0.39 is 0 Å². The average molecular weight is 543 g/mol. The molecule has 0 saturated carbocycles. The van der Waals surface area contributed by atoms with Crippen LogP contribution < -0.4 is 4.90 Å². The summed E-state index contributed by atoms with van der Waals surface area (Å²) in [6, 6.07) is 17.5. The van der Waals surface area contributed by atoms with Gasteiger partial charge in [0.1, 0.15) is 5.82 Å². The molecule has 0 aliphatic carbocycles. The molecule has 40 heavy (non-hydrogen) atoms. The van der Waals surface area contributed by atoms with Crippen molar-refractivity contribution in [3.05, 3.63) is 83.4 Å². The molecule has 2 fully saturated rings. The van der Waals surface area contributed by atoms with Gasteiger partial charge in [-0.2, -0.15) is 0 Å². The van der Waals surface area contributed by atoms with Crippen molar-refractivity contribution in [1.82, 2.24) is 24.7 Å². The lowest BCUT2D eigenvalue weighted by molar-refractivity contribution is 0.0540. The van der Waals surface area contributed by atoms with Crippen LogP contribution in [0.4, 0.5) is 5.69 Å². The van der Waals surface area contributed by atoms with Gasteiger partial charge in [-0.05, 0) is 68.1 Å². The first-order valence-corrected chi connectivity index (χ1v) is 15.2. The molecule has 0 bridgehead atoms. The number of piperidine rings is 1. The lowest BCUT2D eigenvalue weighted by Crippen LogP contribution is -2.47. The molecule has 2 aliphatic rings. The molecule has 1 aromatic heterocycles. The highest BCUT2D eigenvalue weighted by molar-refractivity contribution is 5.94. The molecule has 0 spiro atoms. The molecule has 0 radical (unpaired) electrons. The predicted molar refractivity (Wildman–Crippen MR) is 163 cm³/mol. The number of carbonyl (C=O) groups is 1. The van der Waals surface area contributed by atoms with Crippen LogP contribution in [0.1, 0.15) is 66.3 Å². The molecular formula is C33H46N6O. The SMILES string of the molecule is CCCCCc1ccc(C(=O)N(Cc2ccc(N3CCN(C)CC3)cc2)C2CCN(Cc3ncc[nH]3)CC2)cc1. The Balaban J connectivity index is 1.27. The Kier molecular flexibility index (Phi) is 9.90. The summed E-state index contributed by atoms with van der Waals surface area (Å²) in [7, 11) is 2.19. The topological polar surface area (TPSA) is 58.7 Å². The molecule has 1 N–H and O–H groups in total. The Morgan fingerprint density at radius 2 is 1.62 bits per heavy atom. The summed E-state index contributed by atoms with van der Waals surface area (Å²) in [5.74, 6) is 1.15. The summed E-state index contributed by atoms with van der Waals surface area (Å²) in [5, 5.41) is 0. The smallest absolute Gasteiger partial charge is 0.254 e. The third kappa shape index (κ3) is 7.52. The molecule has 2 aliphatic heterocycles. The zero-order chi connectivity index (χ0) is 27.7. The van der Waals surface area contributed by atoms with E-state index in [4.69, 9.17) is 0 Å². The molecule has 2 aromatic carbocycles. The van der Waals surface area contributed by atoms with E-state index >= 15 is 0 Å². The van der Waals surface area contributed by atoms with Crippen molar-refractivity contribution in [2.45, 2.75) is 64.6 Å². The quantitative estimate of drug-likeness (QED) is 0.338. The number of likely N-dealkylation sites (tertiary alicyclic amines) is 1. The molecule has 2 saturated heterocycles. The van der Waals surface area contributed by atoms with Crippen LogP contribution in [0.15, 0.2) is 60.9 Å². The summed E-state index contributed by atoms with van der Waals surface area (Å²) in [6.07, 6.45) is 10.4. The number of rotatable bonds is 11. The van der Waals surface area contributed by atoms with E-state index in [0.29, 0.717) is 6.54 Å². The number of H-pyrrole nitrogens is 1. The maximum atomic E-state index is 14.0. The minimum Gasteiger partial charge on any atom is -0.369 e. The van der Waals surface area contributed by atoms with E-state index in [2.05, 4.69) is 79.9 Å². The molecule has 5 rings (SSSR count). The minimum absolute atomic E-state index is 0.146. The standard InChI is InChI=1S/C33H46N6O/c1-3-4-5-6-27-7-11-29(12-8-27)33(40)39(31-15-19-37(20-16-31)26-32-34-17-18-35-32)25-28-9-13-30(14-10-28)38-23-21-36(2)22-24-38/h7-14,17-18,31H,3-6,15-16,19-26H2,1-2H3,(H,34,35). The second-order valence-corrected chi connectivity index (χ2v) is 11.6. The van der Waals surface area contributed by atoms with Crippen molar-refractivity contribution < 1.29 is 4.79 Å². The van der Waals surface area contributed by atoms with E-state index in [-0.39, 0.29) is 11.9 Å². The monoisotopic (exact) mass is 542 g/mol. The van der Waals surface area contributed by atoms with Gasteiger partial charge in [-0.25, -0.2) is 4.98 Å². The van der Waals surface area contributed by atoms with Crippen LogP contribution in [-0.2, 0) is 19.5 Å². The third-order valence-electron chi connectivity index (χ3n) is 8.61. The van der Waals surface area contributed by atoms with Crippen LogP contribution in [0, 0.1) is 0 Å². The van der Waals surface area contributed by atoms with Crippen LogP contribution in [0.3, 0.4) is 0 Å². The van der Waals surface area contributed by atoms with Gasteiger partial charge in [0.05, 0.1) is 6.54 Å². The van der Waals surface area contributed by atoms with Crippen molar-refractivity contribution in [2.24, 2.45) is 0 Å². The van der Waals surface area contributed by atoms with E-state index in [1.54, 1.807) is 0 Å². The summed E-state index contributed by atoms with van der Waals surface area (Å²) in [5.41, 5.74) is 4.59. The highest BCUT2D eigenvalue weighted by Crippen LogP contribution is 2.24. The summed E-state index contributed by atoms with van der Waals surface area (Å²) >= 11 is 0. The number of hydrogen-bond acceptors (Lipinski definition) is 5. The number of benzene rings is 2. The van der Waals surface area contributed by atoms with E-state index in [1.165, 1.54) is 36.1 Å². The largest absolute Gasteiger partial charge is 0.369 e. The number of aryl methyl sites for hydroxylation is 1. The number of hydrogen-bond donors (Lipinski definition) is 1. The van der Waals surface area contributed by atoms with Crippen molar-refractivity contribution in [2.75, 3.05) is 51.2 Å². The number of unbranched alkanes of at least 4 members (excludes halogenated alkanes) is 2. The number of anilines is 1. The first kappa shape index (κ1) is 28.4. The van der Waals surface area contributed by atoms with Gasteiger partial charge in [0.2, 0.25) is 0 Å². The molecule has 0 atom stereocenters. The summed E-state index contributed by atoms with van der Waals surface area (Å²) in [6.45, 7) is 9.96. The molecule has 3 heterocycles. The van der Waals surface area contributed by atoms with Gasteiger partial charge in [0.25, 0.3) is 5.91 Å². The number of imidazole rings is 1. The fourth-order valence-electron chi connectivity index (χ4n) is 5.98. The van der Waals surface area contributed by atoms with Crippen LogP contribution in [0.25, 0.3) is 0 Å². The van der Waals surface area contributed by atoms with Crippen molar-refractivity contribution in [3.8, 4) is 0 Å². The lowest BCUT2D eigenvalue weighted by atomic mass is 9.99. The van der Waals surface area contributed by atoms with Gasteiger partial charge < -0.3 is 19.7 Å². The molecule has 1 amide bonds. The highest BCUT2D eigenvalue weighted by atomic mass is 16.2. The van der Waals surface area contributed by atoms with Crippen LogP contribution in [0.2, 0.25) is 0 Å². The van der Waals surface area contributed by atoms with Crippen molar-refractivity contribution in [3.63, 3.8) is 0 Å². The fourth-order valence-corrected chi connectivity index (χ4v) is 5.98. The van der Waals surface area contributed by atoms with Crippen LogP contribution in [-0.4, -0.2) is 82.9 Å². The number of likely N-dealkylation sites (N-methyl/N-ethyl adjacent to an activating group) is 1. The molecule has 214 valence electrons. The zero-order valence-corrected chi connectivity index (χ0v) is 24.4. The van der Waals surface area contributed by atoms with E-state index in [9.17, 15) is 4.79 Å². The number of amides is 1. The maximum absolute atomic E-state index is 14.0. The van der Waals surface area contributed by atoms with Crippen LogP contribution >= 0.6 is 0 Å². The Hall–Kier alpha value is -3.16. The highest BCUT2D eigenvalue weighted by Gasteiger charge is 2.29. The number of carbonyl (C=O) groups excluding carboxylic acids is 1. The second kappa shape index (κ2) is 14.0. The molecule has 7 heteroatoms. The van der Waals surface area contributed by atoms with Gasteiger partial charge in [-0.15, -0.1) is 0 Å². The van der Waals surface area contributed by atoms with Gasteiger partial charge in [0.15, 0.2) is 0 Å². The van der Waals surface area contributed by atoms with E-state index in [1.807, 2.05) is 24.5 Å². The first-order valence-electron chi connectivity index (χ1n) is 15.2. The average Bonchev–Trinajstić information content (AvgIpc) is 3.50. The first-order chi connectivity index (χ1) is 19.6. The van der Waals surface area contributed by atoms with Crippen molar-refractivity contribution >= 4 is 11.6 Å². The summed E-state index contributed by atoms with van der Waals surface area (Å²) in [4.78, 5) is 31.0. The number of aromatic nitrogens is 2. The number of nitrogens with one attached hydrogen (secondary N) is 1. The van der Waals surface area contributed by atoms with Gasteiger partial charge in [-0.1, -0.05) is 44.0 Å². The number of piperazine rings is 1. The Labute approximate surface area is 240 Å².